The van der Waals surface area contributed by atoms with Crippen LogP contribution in [0.5, 0.6) is 5.75 Å². The van der Waals surface area contributed by atoms with E-state index in [4.69, 9.17) is 10.5 Å². The first-order valence-corrected chi connectivity index (χ1v) is 16.3. The molecular weight excluding hydrogens is 613 g/mol. The molecule has 4 N–H and O–H groups in total. The molecule has 2 atom stereocenters. The Morgan fingerprint density at radius 1 is 1.13 bits per heavy atom. The quantitative estimate of drug-likeness (QED) is 0.205. The van der Waals surface area contributed by atoms with Crippen molar-refractivity contribution in [2.75, 3.05) is 36.7 Å². The van der Waals surface area contributed by atoms with Gasteiger partial charge in [-0.05, 0) is 97.8 Å². The number of rotatable bonds is 9. The first-order valence-electron chi connectivity index (χ1n) is 14.7. The van der Waals surface area contributed by atoms with Crippen LogP contribution in [-0.4, -0.2) is 61.4 Å². The second-order valence-electron chi connectivity index (χ2n) is 11.5. The third-order valence-electron chi connectivity index (χ3n) is 8.35. The predicted molar refractivity (Wildman–Crippen MR) is 174 cm³/mol. The van der Waals surface area contributed by atoms with Crippen LogP contribution in [0.2, 0.25) is 0 Å². The zero-order valence-corrected chi connectivity index (χ0v) is 26.7. The molecule has 1 saturated heterocycles. The van der Waals surface area contributed by atoms with E-state index < -0.39 is 39.1 Å². The van der Waals surface area contributed by atoms with E-state index in [1.54, 1.807) is 43.1 Å². The van der Waals surface area contributed by atoms with Gasteiger partial charge in [0.15, 0.2) is 21.4 Å². The SMILES string of the molecule is COc1cc([C@@H](Nc2ccc3c(N)nccc3c2)C(=O)N2CCC[C@@H]2c2cc(N(C)C(=O)O)ccc2S(=O)(=O)C(C)C)ccc1F. The Labute approximate surface area is 266 Å². The van der Waals surface area contributed by atoms with E-state index >= 15 is 0 Å². The summed E-state index contributed by atoms with van der Waals surface area (Å²) in [4.78, 5) is 33.1. The summed E-state index contributed by atoms with van der Waals surface area (Å²) in [5.74, 6) is -0.645. The van der Waals surface area contributed by atoms with E-state index in [1.807, 2.05) is 6.07 Å². The average Bonchev–Trinajstić information content (AvgIpc) is 3.53. The fraction of sp³-hybridized carbons (Fsp3) is 0.303. The van der Waals surface area contributed by atoms with E-state index in [0.717, 1.165) is 15.7 Å². The molecule has 0 saturated carbocycles. The number of nitrogens with one attached hydrogen (secondary N) is 1. The minimum absolute atomic E-state index is 0.0397. The number of ether oxygens (including phenoxy) is 1. The van der Waals surface area contributed by atoms with Crippen LogP contribution in [-0.2, 0) is 14.6 Å². The number of halogens is 1. The normalized spacial score (nSPS) is 15.6. The van der Waals surface area contributed by atoms with E-state index in [0.29, 0.717) is 42.0 Å². The number of aromatic nitrogens is 1. The van der Waals surface area contributed by atoms with Crippen LogP contribution >= 0.6 is 0 Å². The largest absolute Gasteiger partial charge is 0.494 e. The second kappa shape index (κ2) is 12.8. The van der Waals surface area contributed by atoms with Crippen LogP contribution in [0, 0.1) is 5.82 Å². The Morgan fingerprint density at radius 2 is 1.89 bits per heavy atom. The van der Waals surface area contributed by atoms with Gasteiger partial charge in [0.05, 0.1) is 23.3 Å². The highest BCUT2D eigenvalue weighted by Gasteiger charge is 2.38. The first kappa shape index (κ1) is 32.5. The van der Waals surface area contributed by atoms with Gasteiger partial charge in [-0.2, -0.15) is 0 Å². The third kappa shape index (κ3) is 6.14. The molecule has 0 spiro atoms. The van der Waals surface area contributed by atoms with Crippen LogP contribution < -0.4 is 20.7 Å². The van der Waals surface area contributed by atoms with E-state index in [9.17, 15) is 27.5 Å². The maximum absolute atomic E-state index is 14.6. The van der Waals surface area contributed by atoms with Crippen molar-refractivity contribution in [1.29, 1.82) is 0 Å². The van der Waals surface area contributed by atoms with Gasteiger partial charge in [-0.1, -0.05) is 6.07 Å². The van der Waals surface area contributed by atoms with Gasteiger partial charge >= 0.3 is 6.09 Å². The number of methoxy groups -OCH3 is 1. The predicted octanol–water partition coefficient (Wildman–Crippen LogP) is 5.78. The molecule has 11 nitrogen and oxygen atoms in total. The molecule has 0 unspecified atom stereocenters. The number of sulfone groups is 1. The van der Waals surface area contributed by atoms with E-state index in [2.05, 4.69) is 10.3 Å². The molecule has 3 aromatic carbocycles. The fourth-order valence-corrected chi connectivity index (χ4v) is 7.04. The number of hydrogen-bond acceptors (Lipinski definition) is 8. The minimum atomic E-state index is -3.81. The average molecular weight is 650 g/mol. The van der Waals surface area contributed by atoms with E-state index in [1.165, 1.54) is 50.6 Å². The number of hydrogen-bond donors (Lipinski definition) is 3. The molecule has 4 aromatic rings. The number of carbonyl (C=O) groups is 2. The number of carbonyl (C=O) groups excluding carboxylic acids is 1. The maximum atomic E-state index is 14.6. The molecule has 1 fully saturated rings. The van der Waals surface area contributed by atoms with Crippen LogP contribution in [0.4, 0.5) is 26.4 Å². The first-order chi connectivity index (χ1) is 21.8. The summed E-state index contributed by atoms with van der Waals surface area (Å²) < 4.78 is 46.7. The number of benzene rings is 3. The lowest BCUT2D eigenvalue weighted by atomic mass is 10.00. The van der Waals surface area contributed by atoms with Crippen molar-refractivity contribution in [3.63, 3.8) is 0 Å². The topological polar surface area (TPSA) is 155 Å². The highest BCUT2D eigenvalue weighted by molar-refractivity contribution is 7.92. The Hall–Kier alpha value is -4.91. The molecule has 1 aliphatic heterocycles. The lowest BCUT2D eigenvalue weighted by molar-refractivity contribution is -0.133. The Kier molecular flexibility index (Phi) is 9.06. The third-order valence-corrected chi connectivity index (χ3v) is 10.6. The number of nitrogen functional groups attached to an aromatic ring is 1. The Balaban J connectivity index is 1.61. The number of carboxylic acid groups (broad SMARTS) is 1. The van der Waals surface area contributed by atoms with Gasteiger partial charge in [0, 0.05) is 36.6 Å². The zero-order chi connectivity index (χ0) is 33.3. The molecular formula is C33H36FN5O6S. The molecule has 1 aliphatic rings. The number of fused-ring (bicyclic) bond motifs is 1. The van der Waals surface area contributed by atoms with Gasteiger partial charge in [0.2, 0.25) is 5.91 Å². The van der Waals surface area contributed by atoms with Crippen LogP contribution in [0.3, 0.4) is 0 Å². The summed E-state index contributed by atoms with van der Waals surface area (Å²) >= 11 is 0. The number of nitrogens with zero attached hydrogens (tertiary/aromatic N) is 3. The van der Waals surface area contributed by atoms with Gasteiger partial charge < -0.3 is 25.8 Å². The van der Waals surface area contributed by atoms with Crippen LogP contribution in [0.25, 0.3) is 10.8 Å². The number of amides is 2. The summed E-state index contributed by atoms with van der Waals surface area (Å²) in [7, 11) is -1.11. The summed E-state index contributed by atoms with van der Waals surface area (Å²) in [5.41, 5.74) is 7.66. The molecule has 242 valence electrons. The summed E-state index contributed by atoms with van der Waals surface area (Å²) in [6.07, 6.45) is 1.40. The molecule has 46 heavy (non-hydrogen) atoms. The number of nitrogens with two attached hydrogens (primary N) is 1. The Bertz CT molecular complexity index is 1920. The highest BCUT2D eigenvalue weighted by atomic mass is 32.2. The van der Waals surface area contributed by atoms with E-state index in [-0.39, 0.29) is 22.2 Å². The monoisotopic (exact) mass is 649 g/mol. The zero-order valence-electron chi connectivity index (χ0n) is 25.9. The van der Waals surface area contributed by atoms with Gasteiger partial charge in [0.25, 0.3) is 0 Å². The summed E-state index contributed by atoms with van der Waals surface area (Å²) in [5, 5.41) is 13.7. The number of pyridine rings is 1. The van der Waals surface area contributed by atoms with Crippen molar-refractivity contribution in [1.82, 2.24) is 9.88 Å². The van der Waals surface area contributed by atoms with Gasteiger partial charge in [-0.25, -0.2) is 22.6 Å². The molecule has 0 radical (unpaired) electrons. The van der Waals surface area contributed by atoms with Crippen molar-refractivity contribution in [3.05, 3.63) is 83.8 Å². The molecule has 5 rings (SSSR count). The van der Waals surface area contributed by atoms with Gasteiger partial charge in [0.1, 0.15) is 11.9 Å². The minimum Gasteiger partial charge on any atom is -0.494 e. The standard InChI is InChI=1S/C33H36FN5O6S/c1-19(2)46(43,44)29-12-9-23(38(3)33(41)42)18-25(29)27-6-5-15-39(27)32(40)30(21-7-11-26(34)28(17-21)45-4)37-22-8-10-24-20(16-22)13-14-36-31(24)35/h7-14,16-19,27,30,37H,5-6,15H2,1-4H3,(H2,35,36)(H,41,42)/t27-,30-/m1/s1. The lowest BCUT2D eigenvalue weighted by Gasteiger charge is -2.32. The van der Waals surface area contributed by atoms with Gasteiger partial charge in [-0.3, -0.25) is 9.69 Å². The number of anilines is 3. The molecule has 1 aromatic heterocycles. The molecule has 2 heterocycles. The molecule has 0 aliphatic carbocycles. The van der Waals surface area contributed by atoms with Gasteiger partial charge in [-0.15, -0.1) is 0 Å². The van der Waals surface area contributed by atoms with Crippen molar-refractivity contribution in [3.8, 4) is 5.75 Å². The molecule has 13 heteroatoms. The summed E-state index contributed by atoms with van der Waals surface area (Å²) in [6.45, 7) is 3.46. The smallest absolute Gasteiger partial charge is 0.411 e. The maximum Gasteiger partial charge on any atom is 0.411 e. The van der Waals surface area contributed by atoms with Crippen LogP contribution in [0.1, 0.15) is 49.9 Å². The Morgan fingerprint density at radius 3 is 2.59 bits per heavy atom. The number of likely N-dealkylation sites (tertiary alicyclic amines) is 1. The van der Waals surface area contributed by atoms with Crippen molar-refractivity contribution < 1.29 is 32.2 Å². The highest BCUT2D eigenvalue weighted by Crippen LogP contribution is 2.41. The molecule has 0 bridgehead atoms. The van der Waals surface area contributed by atoms with Crippen molar-refractivity contribution in [2.24, 2.45) is 0 Å². The van der Waals surface area contributed by atoms with Crippen LogP contribution in [0.15, 0.2) is 71.8 Å². The second-order valence-corrected chi connectivity index (χ2v) is 13.9. The van der Waals surface area contributed by atoms with Crippen molar-refractivity contribution in [2.45, 2.75) is 48.9 Å². The summed E-state index contributed by atoms with van der Waals surface area (Å²) in [6, 6.07) is 14.1. The fourth-order valence-electron chi connectivity index (χ4n) is 5.75. The van der Waals surface area contributed by atoms with Crippen molar-refractivity contribution >= 4 is 49.8 Å². The lowest BCUT2D eigenvalue weighted by Crippen LogP contribution is -2.38. The molecule has 2 amide bonds.